The van der Waals surface area contributed by atoms with Crippen LogP contribution in [-0.4, -0.2) is 42.4 Å². The van der Waals surface area contributed by atoms with E-state index in [4.69, 9.17) is 14.2 Å². The van der Waals surface area contributed by atoms with Crippen LogP contribution in [0.2, 0.25) is 0 Å². The molecule has 6 nitrogen and oxygen atoms in total. The van der Waals surface area contributed by atoms with Gasteiger partial charge in [-0.05, 0) is 39.8 Å². The Hall–Kier alpha value is -1.82. The van der Waals surface area contributed by atoms with Gasteiger partial charge in [0.2, 0.25) is 0 Å². The number of carbonyl (C=O) groups is 2. The minimum Gasteiger partial charge on any atom is -0.461 e. The molecule has 2 rings (SSSR count). The molecule has 1 saturated heterocycles. The quantitative estimate of drug-likeness (QED) is 0.591. The van der Waals surface area contributed by atoms with Gasteiger partial charge in [0, 0.05) is 12.6 Å². The Morgan fingerprint density at radius 2 is 1.95 bits per heavy atom. The number of esters is 2. The maximum absolute atomic E-state index is 12.4. The van der Waals surface area contributed by atoms with E-state index < -0.39 is 11.5 Å². The number of nitrogens with one attached hydrogen (secondary N) is 1. The molecule has 0 saturated carbocycles. The molecule has 2 aliphatic rings. The lowest BCUT2D eigenvalue weighted by Gasteiger charge is -2.31. The van der Waals surface area contributed by atoms with Crippen LogP contribution in [0.5, 0.6) is 0 Å². The van der Waals surface area contributed by atoms with E-state index in [1.54, 1.807) is 39.8 Å². The molecule has 0 radical (unpaired) electrons. The zero-order chi connectivity index (χ0) is 16.3. The Morgan fingerprint density at radius 3 is 2.41 bits per heavy atom. The van der Waals surface area contributed by atoms with Crippen molar-refractivity contribution < 1.29 is 23.8 Å². The highest BCUT2D eigenvalue weighted by Gasteiger charge is 2.44. The molecule has 2 heterocycles. The molecule has 1 N–H and O–H groups in total. The SMILES string of the molecule is CC(C)OC(=O)C1=CN[C@@](C[C@@H]2CO2)(C(=O)OC(C)C)C=C1. The largest absolute Gasteiger partial charge is 0.461 e. The van der Waals surface area contributed by atoms with Crippen molar-refractivity contribution in [1.82, 2.24) is 5.32 Å². The smallest absolute Gasteiger partial charge is 0.339 e. The number of rotatable bonds is 6. The van der Waals surface area contributed by atoms with Crippen molar-refractivity contribution in [2.24, 2.45) is 0 Å². The first kappa shape index (κ1) is 16.5. The molecular formula is C16H23NO5. The lowest BCUT2D eigenvalue weighted by molar-refractivity contribution is -0.153. The monoisotopic (exact) mass is 309 g/mol. The molecule has 0 aromatic heterocycles. The van der Waals surface area contributed by atoms with Gasteiger partial charge in [-0.15, -0.1) is 0 Å². The Morgan fingerprint density at radius 1 is 1.32 bits per heavy atom. The first-order chi connectivity index (χ1) is 10.3. The van der Waals surface area contributed by atoms with Gasteiger partial charge in [0.05, 0.1) is 30.5 Å². The molecule has 0 amide bonds. The second-order valence-electron chi connectivity index (χ2n) is 6.12. The van der Waals surface area contributed by atoms with Gasteiger partial charge in [-0.25, -0.2) is 9.59 Å². The van der Waals surface area contributed by atoms with Crippen molar-refractivity contribution in [3.63, 3.8) is 0 Å². The van der Waals surface area contributed by atoms with Crippen molar-refractivity contribution in [2.45, 2.75) is 58.0 Å². The van der Waals surface area contributed by atoms with Gasteiger partial charge in [-0.3, -0.25) is 0 Å². The maximum atomic E-state index is 12.4. The van der Waals surface area contributed by atoms with Gasteiger partial charge in [-0.1, -0.05) is 0 Å². The van der Waals surface area contributed by atoms with E-state index in [1.807, 2.05) is 0 Å². The standard InChI is InChI=1S/C16H23NO5/c1-10(2)21-14(18)12-5-6-16(17-8-12,7-13-9-20-13)15(19)22-11(3)4/h5-6,8,10-11,13,17H,7,9H2,1-4H3/t13-,16+/m1/s1. The summed E-state index contributed by atoms with van der Waals surface area (Å²) in [5, 5.41) is 3.01. The molecule has 2 atom stereocenters. The van der Waals surface area contributed by atoms with E-state index >= 15 is 0 Å². The first-order valence-electron chi connectivity index (χ1n) is 7.53. The number of carbonyl (C=O) groups excluding carboxylic acids is 2. The highest BCUT2D eigenvalue weighted by atomic mass is 16.6. The zero-order valence-corrected chi connectivity index (χ0v) is 13.4. The Kier molecular flexibility index (Phi) is 4.90. The Labute approximate surface area is 130 Å². The second-order valence-corrected chi connectivity index (χ2v) is 6.12. The molecule has 0 unspecified atom stereocenters. The number of dihydropyridines is 1. The van der Waals surface area contributed by atoms with Crippen molar-refractivity contribution in [3.05, 3.63) is 23.9 Å². The van der Waals surface area contributed by atoms with Crippen molar-refractivity contribution in [2.75, 3.05) is 6.61 Å². The first-order valence-corrected chi connectivity index (χ1v) is 7.53. The van der Waals surface area contributed by atoms with Crippen LogP contribution >= 0.6 is 0 Å². The summed E-state index contributed by atoms with van der Waals surface area (Å²) in [7, 11) is 0. The molecule has 2 aliphatic heterocycles. The van der Waals surface area contributed by atoms with Crippen LogP contribution in [-0.2, 0) is 23.8 Å². The van der Waals surface area contributed by atoms with Gasteiger partial charge in [0.1, 0.15) is 0 Å². The topological polar surface area (TPSA) is 77.2 Å². The van der Waals surface area contributed by atoms with Crippen LogP contribution in [0.1, 0.15) is 34.1 Å². The molecule has 1 fully saturated rings. The van der Waals surface area contributed by atoms with E-state index in [0.717, 1.165) is 0 Å². The van der Waals surface area contributed by atoms with E-state index in [-0.39, 0.29) is 24.3 Å². The van der Waals surface area contributed by atoms with Crippen LogP contribution in [0.4, 0.5) is 0 Å². The predicted molar refractivity (Wildman–Crippen MR) is 79.9 cm³/mol. The fourth-order valence-electron chi connectivity index (χ4n) is 2.15. The molecule has 0 spiro atoms. The van der Waals surface area contributed by atoms with Crippen molar-refractivity contribution in [3.8, 4) is 0 Å². The second kappa shape index (κ2) is 6.52. The average molecular weight is 309 g/mol. The molecule has 0 bridgehead atoms. The van der Waals surface area contributed by atoms with Crippen LogP contribution in [0, 0.1) is 0 Å². The van der Waals surface area contributed by atoms with Gasteiger partial charge in [0.25, 0.3) is 0 Å². The average Bonchev–Trinajstić information content (AvgIpc) is 3.21. The third-order valence-corrected chi connectivity index (χ3v) is 3.27. The predicted octanol–water partition coefficient (Wildman–Crippen LogP) is 1.46. The molecule has 22 heavy (non-hydrogen) atoms. The molecule has 6 heteroatoms. The summed E-state index contributed by atoms with van der Waals surface area (Å²) >= 11 is 0. The van der Waals surface area contributed by atoms with Crippen molar-refractivity contribution >= 4 is 11.9 Å². The van der Waals surface area contributed by atoms with Crippen LogP contribution in [0.25, 0.3) is 0 Å². The van der Waals surface area contributed by atoms with Gasteiger partial charge in [0.15, 0.2) is 5.54 Å². The van der Waals surface area contributed by atoms with Gasteiger partial charge in [-0.2, -0.15) is 0 Å². The number of hydrogen-bond acceptors (Lipinski definition) is 6. The van der Waals surface area contributed by atoms with Crippen LogP contribution in [0.15, 0.2) is 23.9 Å². The third-order valence-electron chi connectivity index (χ3n) is 3.27. The minimum atomic E-state index is -0.993. The van der Waals surface area contributed by atoms with E-state index in [1.165, 1.54) is 6.20 Å². The fraction of sp³-hybridized carbons (Fsp3) is 0.625. The molecular weight excluding hydrogens is 286 g/mol. The van der Waals surface area contributed by atoms with Crippen LogP contribution < -0.4 is 5.32 Å². The molecule has 0 aromatic carbocycles. The maximum Gasteiger partial charge on any atom is 0.339 e. The lowest BCUT2D eigenvalue weighted by Crippen LogP contribution is -2.52. The molecule has 0 aromatic rings. The third kappa shape index (κ3) is 4.10. The Bertz CT molecular complexity index is 505. The summed E-state index contributed by atoms with van der Waals surface area (Å²) in [5.74, 6) is -0.797. The summed E-state index contributed by atoms with van der Waals surface area (Å²) in [6, 6.07) is 0. The van der Waals surface area contributed by atoms with Crippen molar-refractivity contribution in [1.29, 1.82) is 0 Å². The summed E-state index contributed by atoms with van der Waals surface area (Å²) in [6.07, 6.45) is 4.87. The minimum absolute atomic E-state index is 0.0365. The summed E-state index contributed by atoms with van der Waals surface area (Å²) in [4.78, 5) is 24.3. The van der Waals surface area contributed by atoms with E-state index in [0.29, 0.717) is 18.6 Å². The van der Waals surface area contributed by atoms with E-state index in [2.05, 4.69) is 5.32 Å². The fourth-order valence-corrected chi connectivity index (χ4v) is 2.15. The summed E-state index contributed by atoms with van der Waals surface area (Å²) < 4.78 is 15.7. The molecule has 0 aliphatic carbocycles. The summed E-state index contributed by atoms with van der Waals surface area (Å²) in [5.41, 5.74) is -0.620. The zero-order valence-electron chi connectivity index (χ0n) is 13.4. The highest BCUT2D eigenvalue weighted by molar-refractivity contribution is 5.93. The van der Waals surface area contributed by atoms with Gasteiger partial charge >= 0.3 is 11.9 Å². The normalized spacial score (nSPS) is 26.5. The summed E-state index contributed by atoms with van der Waals surface area (Å²) in [6.45, 7) is 7.80. The number of ether oxygens (including phenoxy) is 3. The van der Waals surface area contributed by atoms with Crippen LogP contribution in [0.3, 0.4) is 0 Å². The number of epoxide rings is 1. The van der Waals surface area contributed by atoms with E-state index in [9.17, 15) is 9.59 Å². The lowest BCUT2D eigenvalue weighted by atomic mass is 9.90. The van der Waals surface area contributed by atoms with Gasteiger partial charge < -0.3 is 19.5 Å². The highest BCUT2D eigenvalue weighted by Crippen LogP contribution is 2.28. The Balaban J connectivity index is 2.10. The molecule has 122 valence electrons. The number of hydrogen-bond donors (Lipinski definition) is 1.